The number of hydrogen-bond acceptors (Lipinski definition) is 4. The summed E-state index contributed by atoms with van der Waals surface area (Å²) >= 11 is 0. The van der Waals surface area contributed by atoms with Crippen molar-refractivity contribution in [2.45, 2.75) is 12.8 Å². The zero-order valence-corrected chi connectivity index (χ0v) is 8.48. The Labute approximate surface area is 83.8 Å². The molecule has 0 N–H and O–H groups in total. The number of nitrogens with zero attached hydrogens (tertiary/aromatic N) is 2. The van der Waals surface area contributed by atoms with Gasteiger partial charge in [0.15, 0.2) is 12.0 Å². The van der Waals surface area contributed by atoms with Crippen LogP contribution in [-0.4, -0.2) is 36.8 Å². The third-order valence-corrected chi connectivity index (χ3v) is 2.62. The lowest BCUT2D eigenvalue weighted by atomic mass is 10.00. The fraction of sp³-hybridized carbons (Fsp3) is 0.700. The second-order valence-corrected chi connectivity index (χ2v) is 3.94. The second kappa shape index (κ2) is 4.46. The molecule has 14 heavy (non-hydrogen) atoms. The summed E-state index contributed by atoms with van der Waals surface area (Å²) in [6.45, 7) is 3.11. The van der Waals surface area contributed by atoms with E-state index in [2.05, 4.69) is 17.1 Å². The fourth-order valence-corrected chi connectivity index (χ4v) is 1.89. The van der Waals surface area contributed by atoms with Gasteiger partial charge in [-0.3, -0.25) is 0 Å². The lowest BCUT2D eigenvalue weighted by Crippen LogP contribution is -2.34. The molecule has 2 heterocycles. The number of likely N-dealkylation sites (tertiary alicyclic amines) is 1. The molecule has 1 aliphatic rings. The average Bonchev–Trinajstić information content (AvgIpc) is 2.67. The molecule has 1 aromatic heterocycles. The van der Waals surface area contributed by atoms with Gasteiger partial charge in [0.05, 0.1) is 6.61 Å². The van der Waals surface area contributed by atoms with Gasteiger partial charge in [0.1, 0.15) is 6.20 Å². The van der Waals surface area contributed by atoms with Gasteiger partial charge in [0.25, 0.3) is 0 Å². The van der Waals surface area contributed by atoms with E-state index in [4.69, 9.17) is 9.26 Å². The summed E-state index contributed by atoms with van der Waals surface area (Å²) in [5.74, 6) is 1.38. The smallest absolute Gasteiger partial charge is 0.178 e. The van der Waals surface area contributed by atoms with Crippen molar-refractivity contribution in [3.05, 3.63) is 12.5 Å². The molecule has 1 saturated heterocycles. The van der Waals surface area contributed by atoms with E-state index < -0.39 is 0 Å². The first-order valence-corrected chi connectivity index (χ1v) is 5.05. The molecule has 1 aliphatic heterocycles. The van der Waals surface area contributed by atoms with E-state index in [9.17, 15) is 0 Å². The van der Waals surface area contributed by atoms with Crippen LogP contribution in [0.4, 0.5) is 0 Å². The highest BCUT2D eigenvalue weighted by atomic mass is 16.5. The monoisotopic (exact) mass is 196 g/mol. The molecule has 78 valence electrons. The van der Waals surface area contributed by atoms with Crippen LogP contribution < -0.4 is 4.74 Å². The van der Waals surface area contributed by atoms with Crippen molar-refractivity contribution in [2.24, 2.45) is 5.92 Å². The van der Waals surface area contributed by atoms with Gasteiger partial charge in [-0.15, -0.1) is 0 Å². The Morgan fingerprint density at radius 3 is 3.36 bits per heavy atom. The molecule has 4 nitrogen and oxygen atoms in total. The molecule has 0 bridgehead atoms. The summed E-state index contributed by atoms with van der Waals surface area (Å²) in [5.41, 5.74) is 0. The van der Waals surface area contributed by atoms with Crippen LogP contribution in [0.1, 0.15) is 12.8 Å². The Balaban J connectivity index is 1.75. The van der Waals surface area contributed by atoms with Crippen molar-refractivity contribution in [1.29, 1.82) is 0 Å². The van der Waals surface area contributed by atoms with Crippen molar-refractivity contribution < 1.29 is 9.26 Å². The van der Waals surface area contributed by atoms with E-state index in [0.29, 0.717) is 5.92 Å². The van der Waals surface area contributed by atoms with E-state index in [0.717, 1.165) is 18.9 Å². The van der Waals surface area contributed by atoms with Crippen molar-refractivity contribution >= 4 is 0 Å². The molecular formula is C10H16N2O2. The van der Waals surface area contributed by atoms with Gasteiger partial charge >= 0.3 is 0 Å². The lowest BCUT2D eigenvalue weighted by Gasteiger charge is -2.29. The first-order chi connectivity index (χ1) is 6.84. The highest BCUT2D eigenvalue weighted by molar-refractivity contribution is 5.07. The zero-order chi connectivity index (χ0) is 9.80. The molecule has 1 fully saturated rings. The molecular weight excluding hydrogens is 180 g/mol. The van der Waals surface area contributed by atoms with Crippen LogP contribution in [-0.2, 0) is 0 Å². The molecule has 2 rings (SSSR count). The van der Waals surface area contributed by atoms with E-state index in [-0.39, 0.29) is 0 Å². The normalized spacial score (nSPS) is 23.6. The predicted molar refractivity (Wildman–Crippen MR) is 52.2 cm³/mol. The van der Waals surface area contributed by atoms with Crippen molar-refractivity contribution in [3.8, 4) is 5.75 Å². The third-order valence-electron chi connectivity index (χ3n) is 2.62. The van der Waals surface area contributed by atoms with Crippen molar-refractivity contribution in [1.82, 2.24) is 10.1 Å². The maximum Gasteiger partial charge on any atom is 0.178 e. The summed E-state index contributed by atoms with van der Waals surface area (Å²) in [6, 6.07) is 0. The topological polar surface area (TPSA) is 38.5 Å². The Kier molecular flexibility index (Phi) is 3.03. The molecule has 0 radical (unpaired) electrons. The van der Waals surface area contributed by atoms with Crippen LogP contribution in [0.25, 0.3) is 0 Å². The molecule has 0 saturated carbocycles. The Hall–Kier alpha value is -1.03. The number of piperidine rings is 1. The summed E-state index contributed by atoms with van der Waals surface area (Å²) in [4.78, 5) is 2.35. The van der Waals surface area contributed by atoms with Gasteiger partial charge in [-0.05, 0) is 26.4 Å². The number of ether oxygens (including phenoxy) is 1. The predicted octanol–water partition coefficient (Wildman–Crippen LogP) is 1.40. The van der Waals surface area contributed by atoms with E-state index >= 15 is 0 Å². The van der Waals surface area contributed by atoms with E-state index in [1.807, 2.05) is 0 Å². The third kappa shape index (κ3) is 2.48. The van der Waals surface area contributed by atoms with Gasteiger partial charge < -0.3 is 14.2 Å². The number of hydrogen-bond donors (Lipinski definition) is 0. The molecule has 4 heteroatoms. The van der Waals surface area contributed by atoms with Crippen molar-refractivity contribution in [2.75, 3.05) is 26.7 Å². The minimum absolute atomic E-state index is 0.642. The van der Waals surface area contributed by atoms with Crippen LogP contribution >= 0.6 is 0 Å². The largest absolute Gasteiger partial charge is 0.488 e. The molecule has 0 aliphatic carbocycles. The number of aromatic nitrogens is 1. The average molecular weight is 196 g/mol. The maximum absolute atomic E-state index is 5.55. The van der Waals surface area contributed by atoms with Gasteiger partial charge in [0.2, 0.25) is 0 Å². The maximum atomic E-state index is 5.55. The Morgan fingerprint density at radius 2 is 2.64 bits per heavy atom. The first-order valence-electron chi connectivity index (χ1n) is 5.05. The number of rotatable bonds is 3. The first kappa shape index (κ1) is 9.52. The molecule has 1 atom stereocenters. The Morgan fingerprint density at radius 1 is 1.71 bits per heavy atom. The van der Waals surface area contributed by atoms with E-state index in [1.165, 1.54) is 25.6 Å². The van der Waals surface area contributed by atoms with Crippen LogP contribution in [0.15, 0.2) is 17.0 Å². The van der Waals surface area contributed by atoms with Gasteiger partial charge in [-0.1, -0.05) is 5.16 Å². The summed E-state index contributed by atoms with van der Waals surface area (Å²) in [6.07, 6.45) is 5.67. The summed E-state index contributed by atoms with van der Waals surface area (Å²) < 4.78 is 10.2. The fourth-order valence-electron chi connectivity index (χ4n) is 1.89. The zero-order valence-electron chi connectivity index (χ0n) is 8.48. The SMILES string of the molecule is CN1CCCC(COc2cnoc2)C1. The molecule has 0 spiro atoms. The van der Waals surface area contributed by atoms with Gasteiger partial charge in [0, 0.05) is 12.5 Å². The van der Waals surface area contributed by atoms with E-state index in [1.54, 1.807) is 6.20 Å². The van der Waals surface area contributed by atoms with Crippen molar-refractivity contribution in [3.63, 3.8) is 0 Å². The molecule has 1 unspecified atom stereocenters. The highest BCUT2D eigenvalue weighted by Crippen LogP contribution is 2.17. The summed E-state index contributed by atoms with van der Waals surface area (Å²) in [5, 5.41) is 3.59. The standard InChI is InChI=1S/C10H16N2O2/c1-12-4-2-3-9(6-12)7-13-10-5-11-14-8-10/h5,8-9H,2-4,6-7H2,1H3. The highest BCUT2D eigenvalue weighted by Gasteiger charge is 2.17. The van der Waals surface area contributed by atoms with Crippen LogP contribution in [0.5, 0.6) is 5.75 Å². The van der Waals surface area contributed by atoms with Crippen LogP contribution in [0.2, 0.25) is 0 Å². The summed E-state index contributed by atoms with van der Waals surface area (Å²) in [7, 11) is 2.16. The van der Waals surface area contributed by atoms with Crippen LogP contribution in [0.3, 0.4) is 0 Å². The minimum Gasteiger partial charge on any atom is -0.488 e. The van der Waals surface area contributed by atoms with Crippen LogP contribution in [0, 0.1) is 5.92 Å². The van der Waals surface area contributed by atoms with Gasteiger partial charge in [-0.25, -0.2) is 0 Å². The lowest BCUT2D eigenvalue weighted by molar-refractivity contribution is 0.150. The Bertz CT molecular complexity index is 261. The van der Waals surface area contributed by atoms with Gasteiger partial charge in [-0.2, -0.15) is 0 Å². The molecule has 1 aromatic rings. The quantitative estimate of drug-likeness (QED) is 0.732. The second-order valence-electron chi connectivity index (χ2n) is 3.94. The minimum atomic E-state index is 0.642. The molecule has 0 amide bonds. The molecule has 0 aromatic carbocycles.